The van der Waals surface area contributed by atoms with Crippen LogP contribution in [0.2, 0.25) is 0 Å². The molecule has 1 aliphatic heterocycles. The van der Waals surface area contributed by atoms with Crippen molar-refractivity contribution in [1.82, 2.24) is 10.2 Å². The Hall–Kier alpha value is -2.02. The number of hydrogen-bond acceptors (Lipinski definition) is 3. The maximum Gasteiger partial charge on any atom is 0.222 e. The Balaban J connectivity index is 2.02. The van der Waals surface area contributed by atoms with E-state index in [1.807, 2.05) is 0 Å². The molecule has 1 saturated heterocycles. The number of hydrogen-bond donors (Lipinski definition) is 1. The second-order valence-corrected chi connectivity index (χ2v) is 6.12. The first-order chi connectivity index (χ1) is 11.4. The summed E-state index contributed by atoms with van der Waals surface area (Å²) in [6.07, 6.45) is 1.57. The van der Waals surface area contributed by atoms with Crippen molar-refractivity contribution in [3.05, 3.63) is 35.4 Å². The first-order valence-corrected chi connectivity index (χ1v) is 7.86. The highest BCUT2D eigenvalue weighted by Crippen LogP contribution is 2.33. The fourth-order valence-corrected chi connectivity index (χ4v) is 3.30. The second-order valence-electron chi connectivity index (χ2n) is 6.12. The molecule has 1 aliphatic rings. The van der Waals surface area contributed by atoms with Crippen molar-refractivity contribution in [3.8, 4) is 0 Å². The third-order valence-corrected chi connectivity index (χ3v) is 4.37. The van der Waals surface area contributed by atoms with Crippen molar-refractivity contribution >= 4 is 11.8 Å². The number of likely N-dealkylation sites (tertiary alicyclic amines) is 1. The standard InChI is InChI=1S/C17H22F2N2O3/c1-12(22)21-7-3-6-17(21,11-24-2)9-16(23)20-10-13-4-5-14(18)8-15(13)19/h4-5,8H,3,6-7,9-11H2,1-2H3,(H,20,23)/t17-/m1/s1. The largest absolute Gasteiger partial charge is 0.382 e. The van der Waals surface area contributed by atoms with Crippen LogP contribution in [0.25, 0.3) is 0 Å². The molecule has 1 atom stereocenters. The maximum atomic E-state index is 13.6. The zero-order valence-electron chi connectivity index (χ0n) is 13.9. The van der Waals surface area contributed by atoms with Crippen molar-refractivity contribution in [1.29, 1.82) is 0 Å². The van der Waals surface area contributed by atoms with E-state index in [9.17, 15) is 18.4 Å². The Morgan fingerprint density at radius 3 is 2.75 bits per heavy atom. The van der Waals surface area contributed by atoms with Gasteiger partial charge in [0, 0.05) is 38.8 Å². The maximum absolute atomic E-state index is 13.6. The predicted molar refractivity (Wildman–Crippen MR) is 84.0 cm³/mol. The van der Waals surface area contributed by atoms with Crippen LogP contribution in [0, 0.1) is 11.6 Å². The summed E-state index contributed by atoms with van der Waals surface area (Å²) in [6, 6.07) is 3.22. The third kappa shape index (κ3) is 4.08. The van der Waals surface area contributed by atoms with E-state index in [2.05, 4.69) is 5.32 Å². The Kier molecular flexibility index (Phi) is 5.88. The molecule has 0 aliphatic carbocycles. The molecule has 132 valence electrons. The Bertz CT molecular complexity index is 624. The first kappa shape index (κ1) is 18.3. The van der Waals surface area contributed by atoms with E-state index in [-0.39, 0.29) is 37.0 Å². The SMILES string of the molecule is COC[C@]1(CC(=O)NCc2ccc(F)cc2F)CCCN1C(C)=O. The zero-order valence-corrected chi connectivity index (χ0v) is 13.9. The van der Waals surface area contributed by atoms with E-state index in [0.717, 1.165) is 18.6 Å². The minimum Gasteiger partial charge on any atom is -0.382 e. The average Bonchev–Trinajstić information content (AvgIpc) is 2.90. The van der Waals surface area contributed by atoms with Crippen LogP contribution >= 0.6 is 0 Å². The van der Waals surface area contributed by atoms with Gasteiger partial charge in [-0.1, -0.05) is 6.07 Å². The normalized spacial score (nSPS) is 20.2. The smallest absolute Gasteiger partial charge is 0.222 e. The van der Waals surface area contributed by atoms with Crippen molar-refractivity contribution in [3.63, 3.8) is 0 Å². The van der Waals surface area contributed by atoms with Gasteiger partial charge in [-0.2, -0.15) is 0 Å². The molecule has 1 fully saturated rings. The van der Waals surface area contributed by atoms with Crippen LogP contribution in [-0.4, -0.2) is 42.5 Å². The van der Waals surface area contributed by atoms with Crippen LogP contribution in [0.15, 0.2) is 18.2 Å². The van der Waals surface area contributed by atoms with E-state index >= 15 is 0 Å². The summed E-state index contributed by atoms with van der Waals surface area (Å²) in [5, 5.41) is 2.63. The zero-order chi connectivity index (χ0) is 17.7. The monoisotopic (exact) mass is 340 g/mol. The van der Waals surface area contributed by atoms with Crippen molar-refractivity contribution < 1.29 is 23.1 Å². The molecule has 0 aromatic heterocycles. The van der Waals surface area contributed by atoms with Gasteiger partial charge in [0.2, 0.25) is 11.8 Å². The highest BCUT2D eigenvalue weighted by atomic mass is 19.1. The van der Waals surface area contributed by atoms with Gasteiger partial charge >= 0.3 is 0 Å². The number of halogens is 2. The molecule has 2 rings (SSSR count). The van der Waals surface area contributed by atoms with Crippen LogP contribution in [-0.2, 0) is 20.9 Å². The number of rotatable bonds is 6. The molecule has 2 amide bonds. The molecule has 1 heterocycles. The van der Waals surface area contributed by atoms with Gasteiger partial charge in [0.25, 0.3) is 0 Å². The number of carbonyl (C=O) groups excluding carboxylic acids is 2. The van der Waals surface area contributed by atoms with Gasteiger partial charge in [-0.05, 0) is 18.9 Å². The molecule has 1 aromatic carbocycles. The Morgan fingerprint density at radius 1 is 1.38 bits per heavy atom. The molecule has 0 bridgehead atoms. The number of amides is 2. The van der Waals surface area contributed by atoms with Gasteiger partial charge in [-0.25, -0.2) is 8.78 Å². The van der Waals surface area contributed by atoms with Gasteiger partial charge in [0.05, 0.1) is 18.6 Å². The summed E-state index contributed by atoms with van der Waals surface area (Å²) in [7, 11) is 1.53. The van der Waals surface area contributed by atoms with E-state index in [4.69, 9.17) is 4.74 Å². The van der Waals surface area contributed by atoms with Crippen LogP contribution in [0.1, 0.15) is 31.7 Å². The van der Waals surface area contributed by atoms with E-state index in [1.165, 1.54) is 20.1 Å². The van der Waals surface area contributed by atoms with Crippen LogP contribution < -0.4 is 5.32 Å². The number of ether oxygens (including phenoxy) is 1. The van der Waals surface area contributed by atoms with Crippen molar-refractivity contribution in [2.75, 3.05) is 20.3 Å². The van der Waals surface area contributed by atoms with Crippen LogP contribution in [0.4, 0.5) is 8.78 Å². The second kappa shape index (κ2) is 7.70. The van der Waals surface area contributed by atoms with Crippen LogP contribution in [0.5, 0.6) is 0 Å². The lowest BCUT2D eigenvalue weighted by molar-refractivity contribution is -0.137. The van der Waals surface area contributed by atoms with Crippen LogP contribution in [0.3, 0.4) is 0 Å². The molecule has 0 spiro atoms. The molecular formula is C17H22F2N2O3. The van der Waals surface area contributed by atoms with E-state index in [0.29, 0.717) is 13.0 Å². The quantitative estimate of drug-likeness (QED) is 0.862. The lowest BCUT2D eigenvalue weighted by Crippen LogP contribution is -2.52. The summed E-state index contributed by atoms with van der Waals surface area (Å²) >= 11 is 0. The lowest BCUT2D eigenvalue weighted by atomic mass is 9.92. The summed E-state index contributed by atoms with van der Waals surface area (Å²) in [4.78, 5) is 25.8. The molecular weight excluding hydrogens is 318 g/mol. The van der Waals surface area contributed by atoms with Gasteiger partial charge in [-0.15, -0.1) is 0 Å². The molecule has 0 saturated carbocycles. The molecule has 1 aromatic rings. The Morgan fingerprint density at radius 2 is 2.12 bits per heavy atom. The highest BCUT2D eigenvalue weighted by Gasteiger charge is 2.44. The van der Waals surface area contributed by atoms with Gasteiger partial charge < -0.3 is 15.0 Å². The van der Waals surface area contributed by atoms with Crippen molar-refractivity contribution in [2.24, 2.45) is 0 Å². The minimum atomic E-state index is -0.701. The molecule has 7 heteroatoms. The molecule has 24 heavy (non-hydrogen) atoms. The number of carbonyl (C=O) groups is 2. The number of methoxy groups -OCH3 is 1. The summed E-state index contributed by atoms with van der Waals surface area (Å²) < 4.78 is 31.7. The number of nitrogens with one attached hydrogen (secondary N) is 1. The number of benzene rings is 1. The highest BCUT2D eigenvalue weighted by molar-refractivity contribution is 5.80. The first-order valence-electron chi connectivity index (χ1n) is 7.86. The van der Waals surface area contributed by atoms with Gasteiger partial charge in [0.15, 0.2) is 0 Å². The molecule has 5 nitrogen and oxygen atoms in total. The minimum absolute atomic E-state index is 0.0337. The lowest BCUT2D eigenvalue weighted by Gasteiger charge is -2.37. The number of nitrogens with zero attached hydrogens (tertiary/aromatic N) is 1. The fourth-order valence-electron chi connectivity index (χ4n) is 3.30. The summed E-state index contributed by atoms with van der Waals surface area (Å²) in [5.41, 5.74) is -0.452. The molecule has 1 N–H and O–H groups in total. The Labute approximate surface area is 140 Å². The van der Waals surface area contributed by atoms with Crippen molar-refractivity contribution in [2.45, 2.75) is 38.3 Å². The topological polar surface area (TPSA) is 58.6 Å². The van der Waals surface area contributed by atoms with E-state index in [1.54, 1.807) is 4.90 Å². The third-order valence-electron chi connectivity index (χ3n) is 4.37. The fraction of sp³-hybridized carbons (Fsp3) is 0.529. The molecule has 0 unspecified atom stereocenters. The predicted octanol–water partition coefficient (Wildman–Crippen LogP) is 2.00. The summed E-state index contributed by atoms with van der Waals surface area (Å²) in [6.45, 7) is 2.30. The molecule has 0 radical (unpaired) electrons. The van der Waals surface area contributed by atoms with Gasteiger partial charge in [0.1, 0.15) is 11.6 Å². The summed E-state index contributed by atoms with van der Waals surface area (Å²) in [5.74, 6) is -1.76. The average molecular weight is 340 g/mol. The van der Waals surface area contributed by atoms with E-state index < -0.39 is 17.2 Å². The van der Waals surface area contributed by atoms with Gasteiger partial charge in [-0.3, -0.25) is 9.59 Å².